The van der Waals surface area contributed by atoms with Gasteiger partial charge in [-0.15, -0.1) is 0 Å². The van der Waals surface area contributed by atoms with Gasteiger partial charge in [0, 0.05) is 22.5 Å². The normalized spacial score (nSPS) is 26.9. The minimum atomic E-state index is 0.104. The van der Waals surface area contributed by atoms with Gasteiger partial charge in [0.15, 0.2) is 0 Å². The molecule has 1 aromatic carbocycles. The molecule has 0 saturated carbocycles. The second-order valence-electron chi connectivity index (χ2n) is 3.89. The van der Waals surface area contributed by atoms with Gasteiger partial charge < -0.3 is 10.5 Å². The zero-order valence-electron chi connectivity index (χ0n) is 8.33. The molecule has 76 valence electrons. The summed E-state index contributed by atoms with van der Waals surface area (Å²) in [7, 11) is 0. The molecule has 0 amide bonds. The van der Waals surface area contributed by atoms with Crippen molar-refractivity contribution in [1.29, 1.82) is 0 Å². The van der Waals surface area contributed by atoms with Gasteiger partial charge in [0.2, 0.25) is 0 Å². The number of hydrogen-bond acceptors (Lipinski definition) is 2. The van der Waals surface area contributed by atoms with Crippen LogP contribution >= 0.6 is 11.6 Å². The van der Waals surface area contributed by atoms with Gasteiger partial charge >= 0.3 is 0 Å². The van der Waals surface area contributed by atoms with Crippen LogP contribution in [0.15, 0.2) is 18.2 Å². The van der Waals surface area contributed by atoms with Crippen molar-refractivity contribution in [3.05, 3.63) is 28.8 Å². The van der Waals surface area contributed by atoms with Gasteiger partial charge in [0.25, 0.3) is 0 Å². The van der Waals surface area contributed by atoms with Crippen molar-refractivity contribution in [2.45, 2.75) is 31.9 Å². The van der Waals surface area contributed by atoms with Crippen LogP contribution in [0, 0.1) is 0 Å². The lowest BCUT2D eigenvalue weighted by atomic mass is 9.90. The molecule has 2 nitrogen and oxygen atoms in total. The topological polar surface area (TPSA) is 35.2 Å². The summed E-state index contributed by atoms with van der Waals surface area (Å²) in [5, 5.41) is 0.710. The number of rotatable bonds is 1. The molecular formula is C11H14ClNO. The van der Waals surface area contributed by atoms with Crippen molar-refractivity contribution in [3.8, 4) is 5.75 Å². The van der Waals surface area contributed by atoms with Gasteiger partial charge in [-0.05, 0) is 26.0 Å². The third-order valence-corrected chi connectivity index (χ3v) is 2.95. The van der Waals surface area contributed by atoms with E-state index in [-0.39, 0.29) is 18.1 Å². The highest BCUT2D eigenvalue weighted by Crippen LogP contribution is 2.40. The molecule has 1 aliphatic heterocycles. The largest absolute Gasteiger partial charge is 0.490 e. The number of fused-ring (bicyclic) bond motifs is 1. The minimum absolute atomic E-state index is 0.104. The predicted octanol–water partition coefficient (Wildman–Crippen LogP) is 2.55. The van der Waals surface area contributed by atoms with E-state index in [4.69, 9.17) is 22.1 Å². The van der Waals surface area contributed by atoms with Crippen LogP contribution in [0.5, 0.6) is 5.75 Å². The first-order valence-electron chi connectivity index (χ1n) is 4.81. The molecule has 2 N–H and O–H groups in total. The molecule has 1 heterocycles. The highest BCUT2D eigenvalue weighted by Gasteiger charge is 2.33. The van der Waals surface area contributed by atoms with E-state index < -0.39 is 0 Å². The molecular weight excluding hydrogens is 198 g/mol. The first-order chi connectivity index (χ1) is 6.59. The molecule has 2 rings (SSSR count). The number of halogens is 1. The lowest BCUT2D eigenvalue weighted by Crippen LogP contribution is -2.30. The van der Waals surface area contributed by atoms with E-state index in [1.807, 2.05) is 32.0 Å². The molecule has 0 saturated heterocycles. The van der Waals surface area contributed by atoms with E-state index in [1.54, 1.807) is 0 Å². The summed E-state index contributed by atoms with van der Waals surface area (Å²) >= 11 is 5.89. The Balaban J connectivity index is 2.42. The Morgan fingerprint density at radius 1 is 1.50 bits per heavy atom. The standard InChI is InChI=1S/C11H14ClNO/c1-6(13)11-7(2)14-10-5-8(12)3-4-9(10)11/h3-7,11H,13H2,1-2H3. The summed E-state index contributed by atoms with van der Waals surface area (Å²) in [4.78, 5) is 0. The van der Waals surface area contributed by atoms with E-state index >= 15 is 0 Å². The average Bonchev–Trinajstić information content (AvgIpc) is 2.39. The summed E-state index contributed by atoms with van der Waals surface area (Å²) in [5.74, 6) is 1.16. The number of benzene rings is 1. The highest BCUT2D eigenvalue weighted by atomic mass is 35.5. The number of ether oxygens (including phenoxy) is 1. The summed E-state index contributed by atoms with van der Waals surface area (Å²) < 4.78 is 5.70. The molecule has 0 spiro atoms. The Labute approximate surface area is 89.0 Å². The van der Waals surface area contributed by atoms with Crippen molar-refractivity contribution >= 4 is 11.6 Å². The second kappa shape index (κ2) is 3.44. The van der Waals surface area contributed by atoms with Crippen LogP contribution in [0.1, 0.15) is 25.3 Å². The third-order valence-electron chi connectivity index (χ3n) is 2.72. The first kappa shape index (κ1) is 9.81. The molecule has 0 aromatic heterocycles. The Morgan fingerprint density at radius 3 is 2.86 bits per heavy atom. The van der Waals surface area contributed by atoms with Crippen molar-refractivity contribution in [2.24, 2.45) is 5.73 Å². The summed E-state index contributed by atoms with van der Waals surface area (Å²) in [6.45, 7) is 4.05. The van der Waals surface area contributed by atoms with Gasteiger partial charge in [-0.25, -0.2) is 0 Å². The van der Waals surface area contributed by atoms with E-state index in [0.717, 1.165) is 5.75 Å². The molecule has 0 radical (unpaired) electrons. The van der Waals surface area contributed by atoms with Crippen LogP contribution in [0.3, 0.4) is 0 Å². The van der Waals surface area contributed by atoms with Crippen LogP contribution in [0.25, 0.3) is 0 Å². The van der Waals surface area contributed by atoms with Crippen LogP contribution in [-0.4, -0.2) is 12.1 Å². The fourth-order valence-electron chi connectivity index (χ4n) is 2.12. The highest BCUT2D eigenvalue weighted by molar-refractivity contribution is 6.30. The lowest BCUT2D eigenvalue weighted by molar-refractivity contribution is 0.215. The maximum absolute atomic E-state index is 5.93. The van der Waals surface area contributed by atoms with Crippen molar-refractivity contribution in [3.63, 3.8) is 0 Å². The van der Waals surface area contributed by atoms with Gasteiger partial charge in [-0.2, -0.15) is 0 Å². The molecule has 0 bridgehead atoms. The fourth-order valence-corrected chi connectivity index (χ4v) is 2.28. The maximum atomic E-state index is 5.93. The van der Waals surface area contributed by atoms with E-state index in [0.29, 0.717) is 5.02 Å². The maximum Gasteiger partial charge on any atom is 0.124 e. The average molecular weight is 212 g/mol. The molecule has 3 heteroatoms. The Morgan fingerprint density at radius 2 is 2.21 bits per heavy atom. The molecule has 1 aromatic rings. The lowest BCUT2D eigenvalue weighted by Gasteiger charge is -2.18. The van der Waals surface area contributed by atoms with E-state index in [1.165, 1.54) is 5.56 Å². The summed E-state index contributed by atoms with van der Waals surface area (Å²) in [5.41, 5.74) is 7.11. The SMILES string of the molecule is CC(N)C1c2ccc(Cl)cc2OC1C. The molecule has 0 aliphatic carbocycles. The Kier molecular flexibility index (Phi) is 2.41. The molecule has 14 heavy (non-hydrogen) atoms. The van der Waals surface area contributed by atoms with Gasteiger partial charge in [0.1, 0.15) is 11.9 Å². The second-order valence-corrected chi connectivity index (χ2v) is 4.33. The van der Waals surface area contributed by atoms with Crippen molar-refractivity contribution in [2.75, 3.05) is 0 Å². The fraction of sp³-hybridized carbons (Fsp3) is 0.455. The van der Waals surface area contributed by atoms with Crippen LogP contribution in [-0.2, 0) is 0 Å². The van der Waals surface area contributed by atoms with Crippen LogP contribution in [0.4, 0.5) is 0 Å². The smallest absolute Gasteiger partial charge is 0.124 e. The molecule has 3 atom stereocenters. The van der Waals surface area contributed by atoms with Gasteiger partial charge in [0.05, 0.1) is 0 Å². The van der Waals surface area contributed by atoms with Gasteiger partial charge in [-0.1, -0.05) is 17.7 Å². The third kappa shape index (κ3) is 1.49. The zero-order valence-corrected chi connectivity index (χ0v) is 9.08. The monoisotopic (exact) mass is 211 g/mol. The molecule has 0 fully saturated rings. The molecule has 3 unspecified atom stereocenters. The van der Waals surface area contributed by atoms with Crippen molar-refractivity contribution in [1.82, 2.24) is 0 Å². The van der Waals surface area contributed by atoms with E-state index in [2.05, 4.69) is 0 Å². The van der Waals surface area contributed by atoms with Crippen molar-refractivity contribution < 1.29 is 4.74 Å². The number of nitrogens with two attached hydrogens (primary N) is 1. The predicted molar refractivity (Wildman–Crippen MR) is 57.9 cm³/mol. The molecule has 1 aliphatic rings. The Hall–Kier alpha value is -0.730. The van der Waals surface area contributed by atoms with Crippen LogP contribution in [0.2, 0.25) is 5.02 Å². The van der Waals surface area contributed by atoms with Crippen LogP contribution < -0.4 is 10.5 Å². The van der Waals surface area contributed by atoms with Gasteiger partial charge in [-0.3, -0.25) is 0 Å². The van der Waals surface area contributed by atoms with E-state index in [9.17, 15) is 0 Å². The summed E-state index contributed by atoms with van der Waals surface area (Å²) in [6, 6.07) is 5.86. The quantitative estimate of drug-likeness (QED) is 0.775. The number of hydrogen-bond donors (Lipinski definition) is 1. The Bertz CT molecular complexity index is 351. The first-order valence-corrected chi connectivity index (χ1v) is 5.19. The summed E-state index contributed by atoms with van der Waals surface area (Å²) in [6.07, 6.45) is 0.142. The zero-order chi connectivity index (χ0) is 10.3. The minimum Gasteiger partial charge on any atom is -0.490 e.